The summed E-state index contributed by atoms with van der Waals surface area (Å²) in [5.41, 5.74) is 3.09. The van der Waals surface area contributed by atoms with Gasteiger partial charge in [-0.1, -0.05) is 57.4 Å². The maximum Gasteiger partial charge on any atom is -0.00148 e. The van der Waals surface area contributed by atoms with Gasteiger partial charge in [-0.3, -0.25) is 0 Å². The lowest BCUT2D eigenvalue weighted by Crippen LogP contribution is -2.32. The minimum atomic E-state index is 0.764. The molecule has 112 valence electrons. The van der Waals surface area contributed by atoms with Crippen molar-refractivity contribution in [2.24, 2.45) is 11.8 Å². The molecule has 3 atom stereocenters. The predicted molar refractivity (Wildman–Crippen MR) is 88.2 cm³/mol. The topological polar surface area (TPSA) is 12.0 Å². The van der Waals surface area contributed by atoms with Crippen LogP contribution in [-0.4, -0.2) is 13.1 Å². The molecule has 0 amide bonds. The molecule has 1 aromatic rings. The number of aryl methyl sites for hydroxylation is 1. The highest BCUT2D eigenvalue weighted by Gasteiger charge is 2.31. The van der Waals surface area contributed by atoms with Gasteiger partial charge in [0.2, 0.25) is 0 Å². The van der Waals surface area contributed by atoms with Crippen LogP contribution in [0.4, 0.5) is 0 Å². The smallest absolute Gasteiger partial charge is 0.00148 e. The van der Waals surface area contributed by atoms with Crippen molar-refractivity contribution >= 4 is 0 Å². The molecule has 0 aliphatic heterocycles. The third-order valence-electron chi connectivity index (χ3n) is 5.04. The zero-order valence-electron chi connectivity index (χ0n) is 13.5. The van der Waals surface area contributed by atoms with Gasteiger partial charge in [-0.15, -0.1) is 0 Å². The minimum absolute atomic E-state index is 0.764. The quantitative estimate of drug-likeness (QED) is 0.777. The molecule has 2 rings (SSSR count). The van der Waals surface area contributed by atoms with Crippen LogP contribution in [0.25, 0.3) is 0 Å². The van der Waals surface area contributed by atoms with Crippen molar-refractivity contribution in [2.75, 3.05) is 13.1 Å². The molecule has 1 fully saturated rings. The number of hydrogen-bond acceptors (Lipinski definition) is 1. The number of rotatable bonds is 6. The van der Waals surface area contributed by atoms with Crippen molar-refractivity contribution in [3.63, 3.8) is 0 Å². The number of nitrogens with one attached hydrogen (secondary N) is 1. The van der Waals surface area contributed by atoms with Crippen LogP contribution in [0.2, 0.25) is 0 Å². The maximum atomic E-state index is 3.58. The third kappa shape index (κ3) is 3.85. The lowest BCUT2D eigenvalue weighted by Gasteiger charge is -2.37. The highest BCUT2D eigenvalue weighted by atomic mass is 14.8. The average molecular weight is 273 g/mol. The summed E-state index contributed by atoms with van der Waals surface area (Å²) >= 11 is 0. The molecule has 1 aliphatic carbocycles. The summed E-state index contributed by atoms with van der Waals surface area (Å²) in [6.07, 6.45) is 6.98. The van der Waals surface area contributed by atoms with E-state index in [1.54, 1.807) is 5.56 Å². The molecule has 3 unspecified atom stereocenters. The monoisotopic (exact) mass is 273 g/mol. The van der Waals surface area contributed by atoms with Crippen LogP contribution in [0.5, 0.6) is 0 Å². The second kappa shape index (κ2) is 7.83. The van der Waals surface area contributed by atoms with Crippen LogP contribution in [-0.2, 0) is 0 Å². The minimum Gasteiger partial charge on any atom is -0.317 e. The van der Waals surface area contributed by atoms with Crippen molar-refractivity contribution in [3.8, 4) is 0 Å². The van der Waals surface area contributed by atoms with Gasteiger partial charge in [0, 0.05) is 0 Å². The molecule has 1 nitrogen and oxygen atoms in total. The van der Waals surface area contributed by atoms with Gasteiger partial charge in [0.1, 0.15) is 0 Å². The molecule has 1 aromatic carbocycles. The Morgan fingerprint density at radius 1 is 1.15 bits per heavy atom. The van der Waals surface area contributed by atoms with Crippen molar-refractivity contribution in [1.82, 2.24) is 5.32 Å². The summed E-state index contributed by atoms with van der Waals surface area (Å²) in [5, 5.41) is 3.58. The molecular formula is C19H31N. The van der Waals surface area contributed by atoms with Crippen molar-refractivity contribution in [2.45, 2.75) is 58.8 Å². The van der Waals surface area contributed by atoms with E-state index in [1.165, 1.54) is 44.2 Å². The van der Waals surface area contributed by atoms with Crippen LogP contribution in [0.3, 0.4) is 0 Å². The Labute approximate surface area is 125 Å². The fourth-order valence-electron chi connectivity index (χ4n) is 3.95. The molecule has 1 aliphatic rings. The molecule has 1 saturated carbocycles. The average Bonchev–Trinajstić information content (AvgIpc) is 2.47. The van der Waals surface area contributed by atoms with Crippen LogP contribution in [0.1, 0.15) is 63.0 Å². The van der Waals surface area contributed by atoms with Crippen LogP contribution in [0.15, 0.2) is 24.3 Å². The Morgan fingerprint density at radius 3 is 2.65 bits per heavy atom. The molecule has 0 radical (unpaired) electrons. The van der Waals surface area contributed by atoms with E-state index in [0.29, 0.717) is 0 Å². The van der Waals surface area contributed by atoms with E-state index < -0.39 is 0 Å². The van der Waals surface area contributed by atoms with Crippen molar-refractivity contribution < 1.29 is 0 Å². The Balaban J connectivity index is 2.14. The number of hydrogen-bond donors (Lipinski definition) is 1. The van der Waals surface area contributed by atoms with Gasteiger partial charge >= 0.3 is 0 Å². The Kier molecular flexibility index (Phi) is 6.09. The standard InChI is InChI=1S/C19H31N/c1-4-8-16-11-12-17(14-20-5-2)19(13-16)18-10-7-6-9-15(18)3/h6-7,9-10,16-17,19-20H,4-5,8,11-14H2,1-3H3. The van der Waals surface area contributed by atoms with Gasteiger partial charge in [0.15, 0.2) is 0 Å². The van der Waals surface area contributed by atoms with Gasteiger partial charge in [-0.25, -0.2) is 0 Å². The van der Waals surface area contributed by atoms with E-state index in [0.717, 1.165) is 24.3 Å². The zero-order chi connectivity index (χ0) is 14.4. The van der Waals surface area contributed by atoms with E-state index >= 15 is 0 Å². The summed E-state index contributed by atoms with van der Waals surface area (Å²) in [5.74, 6) is 2.53. The second-order valence-corrected chi connectivity index (χ2v) is 6.50. The van der Waals surface area contributed by atoms with Gasteiger partial charge in [-0.2, -0.15) is 0 Å². The van der Waals surface area contributed by atoms with E-state index in [-0.39, 0.29) is 0 Å². The molecule has 0 saturated heterocycles. The molecule has 0 heterocycles. The van der Waals surface area contributed by atoms with Crippen LogP contribution >= 0.6 is 0 Å². The van der Waals surface area contributed by atoms with Crippen LogP contribution < -0.4 is 5.32 Å². The largest absolute Gasteiger partial charge is 0.317 e. The van der Waals surface area contributed by atoms with E-state index in [9.17, 15) is 0 Å². The van der Waals surface area contributed by atoms with Gasteiger partial charge in [0.25, 0.3) is 0 Å². The molecule has 0 aromatic heterocycles. The molecule has 0 bridgehead atoms. The van der Waals surface area contributed by atoms with Gasteiger partial charge in [0.05, 0.1) is 0 Å². The van der Waals surface area contributed by atoms with Crippen LogP contribution in [0, 0.1) is 18.8 Å². The van der Waals surface area contributed by atoms with Crippen molar-refractivity contribution in [1.29, 1.82) is 0 Å². The molecular weight excluding hydrogens is 242 g/mol. The fourth-order valence-corrected chi connectivity index (χ4v) is 3.95. The third-order valence-corrected chi connectivity index (χ3v) is 5.04. The normalized spacial score (nSPS) is 26.6. The Hall–Kier alpha value is -0.820. The molecule has 0 spiro atoms. The highest BCUT2D eigenvalue weighted by molar-refractivity contribution is 5.30. The van der Waals surface area contributed by atoms with Crippen molar-refractivity contribution in [3.05, 3.63) is 35.4 Å². The predicted octanol–water partition coefficient (Wildman–Crippen LogP) is 4.90. The first-order valence-corrected chi connectivity index (χ1v) is 8.52. The molecule has 20 heavy (non-hydrogen) atoms. The zero-order valence-corrected chi connectivity index (χ0v) is 13.5. The molecule has 1 N–H and O–H groups in total. The summed E-state index contributed by atoms with van der Waals surface area (Å²) in [6, 6.07) is 9.04. The number of benzene rings is 1. The summed E-state index contributed by atoms with van der Waals surface area (Å²) in [7, 11) is 0. The summed E-state index contributed by atoms with van der Waals surface area (Å²) in [6.45, 7) is 9.10. The summed E-state index contributed by atoms with van der Waals surface area (Å²) in [4.78, 5) is 0. The summed E-state index contributed by atoms with van der Waals surface area (Å²) < 4.78 is 0. The highest BCUT2D eigenvalue weighted by Crippen LogP contribution is 2.42. The fraction of sp³-hybridized carbons (Fsp3) is 0.684. The van der Waals surface area contributed by atoms with E-state index in [2.05, 4.69) is 50.4 Å². The van der Waals surface area contributed by atoms with Gasteiger partial charge < -0.3 is 5.32 Å². The lowest BCUT2D eigenvalue weighted by molar-refractivity contribution is 0.220. The second-order valence-electron chi connectivity index (χ2n) is 6.50. The lowest BCUT2D eigenvalue weighted by atomic mass is 9.69. The first-order valence-electron chi connectivity index (χ1n) is 8.52. The Bertz CT molecular complexity index is 399. The SMILES string of the molecule is CCCC1CCC(CNCC)C(c2ccccc2C)C1. The molecule has 1 heteroatoms. The van der Waals surface area contributed by atoms with E-state index in [1.807, 2.05) is 0 Å². The van der Waals surface area contributed by atoms with Gasteiger partial charge in [-0.05, 0) is 61.7 Å². The maximum absolute atomic E-state index is 3.58. The Morgan fingerprint density at radius 2 is 1.95 bits per heavy atom. The van der Waals surface area contributed by atoms with E-state index in [4.69, 9.17) is 0 Å². The first-order chi connectivity index (χ1) is 9.76. The first kappa shape index (κ1) is 15.6.